The number of carbonyl (C=O) groups is 1. The van der Waals surface area contributed by atoms with Crippen molar-refractivity contribution in [3.05, 3.63) is 71.3 Å². The van der Waals surface area contributed by atoms with Crippen molar-refractivity contribution in [2.24, 2.45) is 0 Å². The molecule has 0 unspecified atom stereocenters. The van der Waals surface area contributed by atoms with Crippen molar-refractivity contribution in [2.75, 3.05) is 0 Å². The first-order chi connectivity index (χ1) is 10.1. The van der Waals surface area contributed by atoms with E-state index in [4.69, 9.17) is 0 Å². The molecule has 0 fully saturated rings. The molecule has 3 nitrogen and oxygen atoms in total. The van der Waals surface area contributed by atoms with Crippen LogP contribution in [0.25, 0.3) is 0 Å². The molecule has 2 atom stereocenters. The minimum Gasteiger partial charge on any atom is -0.386 e. The number of benzene rings is 2. The lowest BCUT2D eigenvalue weighted by atomic mass is 10.0. The molecule has 2 N–H and O–H groups in total. The Morgan fingerprint density at radius 1 is 1.10 bits per heavy atom. The van der Waals surface area contributed by atoms with E-state index in [1.165, 1.54) is 0 Å². The van der Waals surface area contributed by atoms with E-state index in [1.54, 1.807) is 0 Å². The first-order valence-electron chi connectivity index (χ1n) is 7.15. The zero-order valence-electron chi connectivity index (χ0n) is 12.4. The molecule has 0 aliphatic heterocycles. The highest BCUT2D eigenvalue weighted by Crippen LogP contribution is 2.16. The van der Waals surface area contributed by atoms with Crippen LogP contribution in [-0.2, 0) is 11.2 Å². The number of hydrogen-bond donors (Lipinski definition) is 2. The van der Waals surface area contributed by atoms with E-state index < -0.39 is 6.10 Å². The second kappa shape index (κ2) is 7.04. The third kappa shape index (κ3) is 4.17. The minimum absolute atomic E-state index is 0.0771. The first-order valence-corrected chi connectivity index (χ1v) is 7.15. The number of hydrogen-bond acceptors (Lipinski definition) is 2. The quantitative estimate of drug-likeness (QED) is 0.886. The molecular formula is C18H21NO2. The molecule has 1 amide bonds. The molecule has 0 aromatic heterocycles. The van der Waals surface area contributed by atoms with Gasteiger partial charge >= 0.3 is 0 Å². The van der Waals surface area contributed by atoms with E-state index in [1.807, 2.05) is 68.4 Å². The van der Waals surface area contributed by atoms with Crippen molar-refractivity contribution in [1.29, 1.82) is 0 Å². The van der Waals surface area contributed by atoms with E-state index in [2.05, 4.69) is 5.32 Å². The molecule has 0 aliphatic rings. The van der Waals surface area contributed by atoms with Gasteiger partial charge in [0.05, 0.1) is 18.6 Å². The van der Waals surface area contributed by atoms with Gasteiger partial charge < -0.3 is 10.4 Å². The van der Waals surface area contributed by atoms with Gasteiger partial charge in [-0.15, -0.1) is 0 Å². The van der Waals surface area contributed by atoms with Gasteiger partial charge in [-0.2, -0.15) is 0 Å². The Kier molecular flexibility index (Phi) is 5.12. The summed E-state index contributed by atoms with van der Waals surface area (Å²) in [5, 5.41) is 13.1. The highest BCUT2D eigenvalue weighted by Gasteiger charge is 2.18. The van der Waals surface area contributed by atoms with Crippen LogP contribution in [0.3, 0.4) is 0 Å². The van der Waals surface area contributed by atoms with Crippen LogP contribution >= 0.6 is 0 Å². The summed E-state index contributed by atoms with van der Waals surface area (Å²) in [4.78, 5) is 12.1. The molecule has 2 rings (SSSR count). The van der Waals surface area contributed by atoms with Crippen LogP contribution in [0.4, 0.5) is 0 Å². The highest BCUT2D eigenvalue weighted by atomic mass is 16.3. The third-order valence-corrected chi connectivity index (χ3v) is 3.62. The average Bonchev–Trinajstić information content (AvgIpc) is 2.49. The van der Waals surface area contributed by atoms with Gasteiger partial charge in [0.2, 0.25) is 5.91 Å². The Balaban J connectivity index is 1.95. The maximum atomic E-state index is 12.1. The summed E-state index contributed by atoms with van der Waals surface area (Å²) >= 11 is 0. The summed E-state index contributed by atoms with van der Waals surface area (Å²) in [7, 11) is 0. The topological polar surface area (TPSA) is 49.3 Å². The predicted octanol–water partition coefficient (Wildman–Crippen LogP) is 2.78. The van der Waals surface area contributed by atoms with Crippen molar-refractivity contribution in [2.45, 2.75) is 32.4 Å². The van der Waals surface area contributed by atoms with Gasteiger partial charge in [0, 0.05) is 0 Å². The monoisotopic (exact) mass is 283 g/mol. The summed E-state index contributed by atoms with van der Waals surface area (Å²) < 4.78 is 0. The summed E-state index contributed by atoms with van der Waals surface area (Å²) in [6, 6.07) is 16.9. The number of amides is 1. The van der Waals surface area contributed by atoms with E-state index in [0.717, 1.165) is 16.7 Å². The lowest BCUT2D eigenvalue weighted by Gasteiger charge is -2.21. The van der Waals surface area contributed by atoms with Crippen molar-refractivity contribution < 1.29 is 9.90 Å². The Bertz CT molecular complexity index is 595. The molecule has 0 spiro atoms. The number of aryl methyl sites for hydroxylation is 1. The number of nitrogens with one attached hydrogen (secondary N) is 1. The second-order valence-corrected chi connectivity index (χ2v) is 5.31. The van der Waals surface area contributed by atoms with Crippen molar-refractivity contribution in [3.63, 3.8) is 0 Å². The van der Waals surface area contributed by atoms with Crippen molar-refractivity contribution in [1.82, 2.24) is 5.32 Å². The molecule has 110 valence electrons. The molecule has 21 heavy (non-hydrogen) atoms. The lowest BCUT2D eigenvalue weighted by molar-refractivity contribution is -0.121. The SMILES string of the molecule is Cc1ccccc1CC(=O)N[C@H](C)[C@H](O)c1ccccc1. The van der Waals surface area contributed by atoms with Crippen LogP contribution in [0.1, 0.15) is 29.7 Å². The van der Waals surface area contributed by atoms with E-state index in [9.17, 15) is 9.90 Å². The van der Waals surface area contributed by atoms with Gasteiger partial charge in [0.15, 0.2) is 0 Å². The third-order valence-electron chi connectivity index (χ3n) is 3.62. The van der Waals surface area contributed by atoms with Gasteiger partial charge in [-0.1, -0.05) is 54.6 Å². The smallest absolute Gasteiger partial charge is 0.224 e. The Hall–Kier alpha value is -2.13. The predicted molar refractivity (Wildman–Crippen MR) is 83.9 cm³/mol. The van der Waals surface area contributed by atoms with Crippen LogP contribution in [0, 0.1) is 6.92 Å². The second-order valence-electron chi connectivity index (χ2n) is 5.31. The van der Waals surface area contributed by atoms with Gasteiger partial charge in [-0.3, -0.25) is 4.79 Å². The van der Waals surface area contributed by atoms with E-state index in [0.29, 0.717) is 6.42 Å². The number of aliphatic hydroxyl groups excluding tert-OH is 1. The summed E-state index contributed by atoms with van der Waals surface area (Å²) in [5.41, 5.74) is 2.92. The maximum absolute atomic E-state index is 12.1. The fourth-order valence-electron chi connectivity index (χ4n) is 2.30. The Labute approximate surface area is 125 Å². The zero-order chi connectivity index (χ0) is 15.2. The fraction of sp³-hybridized carbons (Fsp3) is 0.278. The average molecular weight is 283 g/mol. The van der Waals surface area contributed by atoms with Gasteiger partial charge in [-0.05, 0) is 30.5 Å². The molecule has 0 saturated carbocycles. The molecule has 0 saturated heterocycles. The van der Waals surface area contributed by atoms with E-state index in [-0.39, 0.29) is 11.9 Å². The van der Waals surface area contributed by atoms with Gasteiger partial charge in [0.1, 0.15) is 0 Å². The highest BCUT2D eigenvalue weighted by molar-refractivity contribution is 5.79. The number of carbonyl (C=O) groups excluding carboxylic acids is 1. The summed E-state index contributed by atoms with van der Waals surface area (Å²) in [6.07, 6.45) is -0.370. The normalized spacial score (nSPS) is 13.5. The standard InChI is InChI=1S/C18H21NO2/c1-13-8-6-7-11-16(13)12-17(20)19-14(2)18(21)15-9-4-3-5-10-15/h3-11,14,18,21H,12H2,1-2H3,(H,19,20)/t14-,18+/m1/s1. The van der Waals surface area contributed by atoms with E-state index >= 15 is 0 Å². The molecule has 2 aromatic carbocycles. The molecule has 2 aromatic rings. The van der Waals surface area contributed by atoms with Crippen LogP contribution in [0.15, 0.2) is 54.6 Å². The summed E-state index contributed by atoms with van der Waals surface area (Å²) in [5.74, 6) is -0.0771. The zero-order valence-corrected chi connectivity index (χ0v) is 12.4. The fourth-order valence-corrected chi connectivity index (χ4v) is 2.30. The first kappa shape index (κ1) is 15.3. The lowest BCUT2D eigenvalue weighted by Crippen LogP contribution is -2.38. The molecule has 3 heteroatoms. The van der Waals surface area contributed by atoms with Crippen molar-refractivity contribution in [3.8, 4) is 0 Å². The van der Waals surface area contributed by atoms with Gasteiger partial charge in [0.25, 0.3) is 0 Å². The summed E-state index contributed by atoms with van der Waals surface area (Å²) in [6.45, 7) is 3.80. The Morgan fingerprint density at radius 2 is 1.71 bits per heavy atom. The van der Waals surface area contributed by atoms with Crippen LogP contribution in [-0.4, -0.2) is 17.1 Å². The Morgan fingerprint density at radius 3 is 2.38 bits per heavy atom. The molecule has 0 aliphatic carbocycles. The molecule has 0 heterocycles. The van der Waals surface area contributed by atoms with Crippen molar-refractivity contribution >= 4 is 5.91 Å². The van der Waals surface area contributed by atoms with Crippen LogP contribution in [0.5, 0.6) is 0 Å². The largest absolute Gasteiger partial charge is 0.386 e. The molecule has 0 radical (unpaired) electrons. The maximum Gasteiger partial charge on any atom is 0.224 e. The van der Waals surface area contributed by atoms with Crippen LogP contribution in [0.2, 0.25) is 0 Å². The van der Waals surface area contributed by atoms with Crippen LogP contribution < -0.4 is 5.32 Å². The molecular weight excluding hydrogens is 262 g/mol. The number of aliphatic hydroxyl groups is 1. The van der Waals surface area contributed by atoms with Gasteiger partial charge in [-0.25, -0.2) is 0 Å². The number of rotatable bonds is 5. The molecule has 0 bridgehead atoms. The minimum atomic E-state index is -0.702.